The topological polar surface area (TPSA) is 128 Å². The number of thiocarbonyl (C=S) groups is 1. The van der Waals surface area contributed by atoms with Crippen molar-refractivity contribution in [3.63, 3.8) is 0 Å². The molecule has 2 aliphatic rings. The minimum Gasteiger partial charge on any atom is -0.360 e. The predicted octanol–water partition coefficient (Wildman–Crippen LogP) is 3.30. The third-order valence-corrected chi connectivity index (χ3v) is 10.5. The lowest BCUT2D eigenvalue weighted by Crippen LogP contribution is -2.42. The monoisotopic (exact) mass is 591 g/mol. The number of carbonyl (C=O) groups excluding carboxylic acids is 1. The highest BCUT2D eigenvalue weighted by molar-refractivity contribution is 7.89. The molecule has 2 fully saturated rings. The first kappa shape index (κ1) is 29.2. The van der Waals surface area contributed by atoms with Crippen LogP contribution >= 0.6 is 12.2 Å². The van der Waals surface area contributed by atoms with Gasteiger partial charge in [0.15, 0.2) is 5.11 Å². The molecule has 39 heavy (non-hydrogen) atoms. The molecule has 4 rings (SSSR count). The quantitative estimate of drug-likeness (QED) is 0.300. The lowest BCUT2D eigenvalue weighted by molar-refractivity contribution is -0.114. The molecule has 13 heteroatoms. The summed E-state index contributed by atoms with van der Waals surface area (Å²) in [7, 11) is -7.58. The van der Waals surface area contributed by atoms with Crippen LogP contribution in [-0.4, -0.2) is 68.7 Å². The average molecular weight is 592 g/mol. The van der Waals surface area contributed by atoms with Crippen LogP contribution < -0.4 is 16.0 Å². The van der Waals surface area contributed by atoms with Crippen LogP contribution in [0.5, 0.6) is 0 Å². The van der Waals surface area contributed by atoms with E-state index in [1.807, 2.05) is 13.8 Å². The Kier molecular flexibility index (Phi) is 8.76. The van der Waals surface area contributed by atoms with Crippen molar-refractivity contribution in [2.24, 2.45) is 0 Å². The molecular formula is C26H33N5O5S3. The summed E-state index contributed by atoms with van der Waals surface area (Å²) < 4.78 is 56.3. The number of benzene rings is 2. The zero-order valence-electron chi connectivity index (χ0n) is 22.1. The standard InChI is InChI=1S/C26H33N5O5S3/c1-18(2)27-26(37)29-23-11-9-21(25(17-23)39(35,36)31-14-5-15-31)7-6-20-8-10-22(28-19(3)32)16-24(20)38(33,34)30-12-4-13-30/h6-11,16-18H,4-5,12-15H2,1-3H3,(H,28,32)(H2,27,29,37)/b7-6+. The molecule has 0 aliphatic carbocycles. The summed E-state index contributed by atoms with van der Waals surface area (Å²) in [6.07, 6.45) is 4.77. The van der Waals surface area contributed by atoms with Crippen molar-refractivity contribution in [1.29, 1.82) is 0 Å². The minimum absolute atomic E-state index is 0.0419. The van der Waals surface area contributed by atoms with Crippen molar-refractivity contribution in [2.75, 3.05) is 36.8 Å². The molecule has 0 radical (unpaired) electrons. The van der Waals surface area contributed by atoms with Gasteiger partial charge in [0.1, 0.15) is 0 Å². The maximum absolute atomic E-state index is 13.4. The van der Waals surface area contributed by atoms with Crippen molar-refractivity contribution in [3.8, 4) is 0 Å². The van der Waals surface area contributed by atoms with Crippen LogP contribution in [0.2, 0.25) is 0 Å². The zero-order chi connectivity index (χ0) is 28.4. The summed E-state index contributed by atoms with van der Waals surface area (Å²) in [5, 5.41) is 9.11. The fourth-order valence-corrected chi connectivity index (χ4v) is 7.90. The second-order valence-corrected chi connectivity index (χ2v) is 14.0. The number of sulfonamides is 2. The first-order valence-electron chi connectivity index (χ1n) is 12.7. The maximum Gasteiger partial charge on any atom is 0.243 e. The van der Waals surface area contributed by atoms with E-state index in [0.717, 1.165) is 12.8 Å². The lowest BCUT2D eigenvalue weighted by Gasteiger charge is -2.30. The van der Waals surface area contributed by atoms with Crippen molar-refractivity contribution in [2.45, 2.75) is 49.4 Å². The van der Waals surface area contributed by atoms with Gasteiger partial charge in [0.2, 0.25) is 26.0 Å². The van der Waals surface area contributed by atoms with Crippen LogP contribution in [0.15, 0.2) is 46.2 Å². The zero-order valence-corrected chi connectivity index (χ0v) is 24.5. The molecular weight excluding hydrogens is 559 g/mol. The highest BCUT2D eigenvalue weighted by Gasteiger charge is 2.32. The Morgan fingerprint density at radius 2 is 1.26 bits per heavy atom. The Labute approximate surface area is 235 Å². The van der Waals surface area contributed by atoms with Gasteiger partial charge in [-0.3, -0.25) is 4.79 Å². The van der Waals surface area contributed by atoms with Crippen molar-refractivity contribution >= 4 is 66.8 Å². The Balaban J connectivity index is 1.74. The first-order chi connectivity index (χ1) is 18.4. The molecule has 0 atom stereocenters. The molecule has 3 N–H and O–H groups in total. The van der Waals surface area contributed by atoms with E-state index < -0.39 is 20.0 Å². The lowest BCUT2D eigenvalue weighted by atomic mass is 10.1. The summed E-state index contributed by atoms with van der Waals surface area (Å²) in [6, 6.07) is 9.68. The molecule has 210 valence electrons. The Morgan fingerprint density at radius 3 is 1.62 bits per heavy atom. The Hall–Kier alpha value is -2.84. The number of amides is 1. The summed E-state index contributed by atoms with van der Waals surface area (Å²) in [4.78, 5) is 11.7. The van der Waals surface area contributed by atoms with E-state index in [1.54, 1.807) is 42.5 Å². The van der Waals surface area contributed by atoms with E-state index in [0.29, 0.717) is 53.8 Å². The molecule has 10 nitrogen and oxygen atoms in total. The molecule has 0 aromatic heterocycles. The van der Waals surface area contributed by atoms with Gasteiger partial charge >= 0.3 is 0 Å². The number of hydrogen-bond acceptors (Lipinski definition) is 6. The van der Waals surface area contributed by atoms with E-state index in [9.17, 15) is 21.6 Å². The van der Waals surface area contributed by atoms with Crippen LogP contribution in [0, 0.1) is 0 Å². The number of rotatable bonds is 9. The number of carbonyl (C=O) groups is 1. The Bertz CT molecular complexity index is 1510. The highest BCUT2D eigenvalue weighted by Crippen LogP contribution is 2.31. The van der Waals surface area contributed by atoms with E-state index in [2.05, 4.69) is 16.0 Å². The van der Waals surface area contributed by atoms with Crippen LogP contribution in [0.4, 0.5) is 11.4 Å². The minimum atomic E-state index is -3.80. The van der Waals surface area contributed by atoms with Crippen LogP contribution in [0.3, 0.4) is 0 Å². The average Bonchev–Trinajstić information content (AvgIpc) is 2.74. The summed E-state index contributed by atoms with van der Waals surface area (Å²) in [5.74, 6) is -0.316. The van der Waals surface area contributed by atoms with Gasteiger partial charge in [-0.1, -0.05) is 24.3 Å². The fourth-order valence-electron chi connectivity index (χ4n) is 4.09. The van der Waals surface area contributed by atoms with Gasteiger partial charge in [0.05, 0.1) is 9.79 Å². The number of hydrogen-bond donors (Lipinski definition) is 3. The van der Waals surface area contributed by atoms with Gasteiger partial charge in [-0.15, -0.1) is 0 Å². The van der Waals surface area contributed by atoms with Gasteiger partial charge in [0, 0.05) is 50.5 Å². The van der Waals surface area contributed by atoms with Gasteiger partial charge in [-0.2, -0.15) is 8.61 Å². The fraction of sp³-hybridized carbons (Fsp3) is 0.385. The molecule has 2 aliphatic heterocycles. The van der Waals surface area contributed by atoms with Gasteiger partial charge in [-0.05, 0) is 74.3 Å². The van der Waals surface area contributed by atoms with E-state index in [-0.39, 0.29) is 21.7 Å². The molecule has 0 bridgehead atoms. The predicted molar refractivity (Wildman–Crippen MR) is 157 cm³/mol. The molecule has 0 spiro atoms. The third-order valence-electron chi connectivity index (χ3n) is 6.33. The molecule has 2 saturated heterocycles. The smallest absolute Gasteiger partial charge is 0.243 e. The maximum atomic E-state index is 13.4. The first-order valence-corrected chi connectivity index (χ1v) is 16.0. The summed E-state index contributed by atoms with van der Waals surface area (Å²) in [5.41, 5.74) is 1.67. The van der Waals surface area contributed by atoms with Crippen molar-refractivity contribution < 1.29 is 21.6 Å². The van der Waals surface area contributed by atoms with E-state index in [4.69, 9.17) is 12.2 Å². The SMILES string of the molecule is CC(=O)Nc1ccc(/C=C/c2ccc(NC(=S)NC(C)C)cc2S(=O)(=O)N2CCC2)c(S(=O)(=O)N2CCC2)c1. The van der Waals surface area contributed by atoms with Crippen molar-refractivity contribution in [3.05, 3.63) is 47.5 Å². The van der Waals surface area contributed by atoms with Crippen molar-refractivity contribution in [1.82, 2.24) is 13.9 Å². The molecule has 1 amide bonds. The third kappa shape index (κ3) is 6.67. The number of nitrogens with zero attached hydrogens (tertiary/aromatic N) is 2. The highest BCUT2D eigenvalue weighted by atomic mass is 32.2. The normalized spacial score (nSPS) is 16.5. The summed E-state index contributed by atoms with van der Waals surface area (Å²) in [6.45, 7) is 6.98. The molecule has 2 aromatic rings. The van der Waals surface area contributed by atoms with E-state index in [1.165, 1.54) is 21.6 Å². The van der Waals surface area contributed by atoms with Gasteiger partial charge < -0.3 is 16.0 Å². The Morgan fingerprint density at radius 1 is 0.821 bits per heavy atom. The van der Waals surface area contributed by atoms with Gasteiger partial charge in [-0.25, -0.2) is 16.8 Å². The van der Waals surface area contributed by atoms with Gasteiger partial charge in [0.25, 0.3) is 0 Å². The van der Waals surface area contributed by atoms with Crippen LogP contribution in [0.25, 0.3) is 12.2 Å². The molecule has 0 unspecified atom stereocenters. The number of anilines is 2. The van der Waals surface area contributed by atoms with Crippen LogP contribution in [-0.2, 0) is 24.8 Å². The molecule has 2 heterocycles. The van der Waals surface area contributed by atoms with E-state index >= 15 is 0 Å². The van der Waals surface area contributed by atoms with Crippen LogP contribution in [0.1, 0.15) is 44.7 Å². The number of nitrogens with one attached hydrogen (secondary N) is 3. The molecule has 0 saturated carbocycles. The second-order valence-electron chi connectivity index (χ2n) is 9.79. The summed E-state index contributed by atoms with van der Waals surface area (Å²) >= 11 is 5.32. The largest absolute Gasteiger partial charge is 0.360 e. The molecule has 2 aromatic carbocycles. The second kappa shape index (κ2) is 11.7.